The standard InChI is InChI=1S/C28H29F7O3/c1-2-3-4-17-15-36-26(37-16-17)18-5-8-20(9-6-18)28(34,35)38-21-10-11-22(24(29)14-21)19-7-12-23(25(30)13-19)27(31,32)33/h2,7,10-14,17-18,20,26H,1,3-6,8-9,15-16H2. The van der Waals surface area contributed by atoms with Crippen LogP contribution in [0.15, 0.2) is 49.1 Å². The highest BCUT2D eigenvalue weighted by Crippen LogP contribution is 2.42. The number of hydrogen-bond donors (Lipinski definition) is 0. The number of hydrogen-bond acceptors (Lipinski definition) is 3. The van der Waals surface area contributed by atoms with E-state index in [4.69, 9.17) is 14.2 Å². The number of benzene rings is 2. The lowest BCUT2D eigenvalue weighted by molar-refractivity contribution is -0.247. The lowest BCUT2D eigenvalue weighted by Gasteiger charge is -2.39. The van der Waals surface area contributed by atoms with Gasteiger partial charge in [0.2, 0.25) is 0 Å². The van der Waals surface area contributed by atoms with Crippen LogP contribution in [-0.2, 0) is 15.7 Å². The maximum absolute atomic E-state index is 14.9. The number of halogens is 7. The second kappa shape index (κ2) is 11.7. The average molecular weight is 547 g/mol. The maximum atomic E-state index is 14.9. The molecule has 4 rings (SSSR count). The third-order valence-corrected chi connectivity index (χ3v) is 7.18. The number of allylic oxidation sites excluding steroid dienone is 1. The maximum Gasteiger partial charge on any atom is 0.419 e. The molecule has 1 heterocycles. The largest absolute Gasteiger partial charge is 0.432 e. The molecule has 38 heavy (non-hydrogen) atoms. The van der Waals surface area contributed by atoms with Gasteiger partial charge in [-0.15, -0.1) is 6.58 Å². The van der Waals surface area contributed by atoms with Gasteiger partial charge in [-0.1, -0.05) is 12.1 Å². The van der Waals surface area contributed by atoms with Crippen LogP contribution in [0.1, 0.15) is 44.1 Å². The summed E-state index contributed by atoms with van der Waals surface area (Å²) in [6.45, 7) is 4.84. The molecule has 1 saturated carbocycles. The zero-order valence-corrected chi connectivity index (χ0v) is 20.6. The van der Waals surface area contributed by atoms with Gasteiger partial charge in [0.15, 0.2) is 6.29 Å². The van der Waals surface area contributed by atoms with Crippen LogP contribution >= 0.6 is 0 Å². The molecule has 2 aromatic rings. The first kappa shape index (κ1) is 28.4. The van der Waals surface area contributed by atoms with E-state index in [0.29, 0.717) is 44.1 Å². The Morgan fingerprint density at radius 3 is 2.16 bits per heavy atom. The Labute approximate surface area is 216 Å². The molecule has 1 saturated heterocycles. The summed E-state index contributed by atoms with van der Waals surface area (Å²) in [5.41, 5.74) is -1.89. The lowest BCUT2D eigenvalue weighted by Crippen LogP contribution is -2.42. The van der Waals surface area contributed by atoms with Crippen LogP contribution in [0.2, 0.25) is 0 Å². The molecule has 0 amide bonds. The zero-order valence-electron chi connectivity index (χ0n) is 20.6. The van der Waals surface area contributed by atoms with Crippen LogP contribution < -0.4 is 4.74 Å². The second-order valence-electron chi connectivity index (χ2n) is 9.88. The molecular formula is C28H29F7O3. The van der Waals surface area contributed by atoms with Crippen LogP contribution in [0.25, 0.3) is 11.1 Å². The van der Waals surface area contributed by atoms with Gasteiger partial charge in [0.25, 0.3) is 0 Å². The van der Waals surface area contributed by atoms with Crippen molar-refractivity contribution in [3.8, 4) is 16.9 Å². The van der Waals surface area contributed by atoms with Crippen molar-refractivity contribution in [1.82, 2.24) is 0 Å². The quantitative estimate of drug-likeness (QED) is 0.246. The molecule has 0 N–H and O–H groups in total. The van der Waals surface area contributed by atoms with E-state index in [-0.39, 0.29) is 29.9 Å². The highest BCUT2D eigenvalue weighted by molar-refractivity contribution is 5.65. The zero-order chi connectivity index (χ0) is 27.5. The highest BCUT2D eigenvalue weighted by atomic mass is 19.4. The molecule has 208 valence electrons. The monoisotopic (exact) mass is 546 g/mol. The number of rotatable bonds is 8. The molecule has 0 spiro atoms. The summed E-state index contributed by atoms with van der Waals surface area (Å²) >= 11 is 0. The van der Waals surface area contributed by atoms with E-state index in [1.54, 1.807) is 0 Å². The Morgan fingerprint density at radius 1 is 0.895 bits per heavy atom. The van der Waals surface area contributed by atoms with Gasteiger partial charge < -0.3 is 14.2 Å². The molecule has 0 atom stereocenters. The van der Waals surface area contributed by atoms with Gasteiger partial charge in [-0.3, -0.25) is 0 Å². The third kappa shape index (κ3) is 6.69. The van der Waals surface area contributed by atoms with E-state index in [1.807, 2.05) is 6.08 Å². The van der Waals surface area contributed by atoms with Crippen molar-refractivity contribution in [2.45, 2.75) is 57.1 Å². The van der Waals surface area contributed by atoms with Crippen LogP contribution in [0.5, 0.6) is 5.75 Å². The molecule has 0 radical (unpaired) electrons. The normalized spacial score (nSPS) is 24.7. The Kier molecular flexibility index (Phi) is 8.72. The molecule has 0 unspecified atom stereocenters. The Morgan fingerprint density at radius 2 is 1.58 bits per heavy atom. The number of alkyl halides is 5. The molecule has 0 aromatic heterocycles. The topological polar surface area (TPSA) is 27.7 Å². The van der Waals surface area contributed by atoms with Crippen LogP contribution in [0.4, 0.5) is 30.7 Å². The van der Waals surface area contributed by atoms with Crippen molar-refractivity contribution in [3.05, 3.63) is 66.3 Å². The van der Waals surface area contributed by atoms with E-state index in [9.17, 15) is 30.7 Å². The summed E-state index contributed by atoms with van der Waals surface area (Å²) in [6.07, 6.45) is -3.94. The van der Waals surface area contributed by atoms with Gasteiger partial charge in [-0.05, 0) is 68.4 Å². The summed E-state index contributed by atoms with van der Waals surface area (Å²) in [4.78, 5) is 0. The first-order valence-corrected chi connectivity index (χ1v) is 12.6. The summed E-state index contributed by atoms with van der Waals surface area (Å²) < 4.78 is 113. The van der Waals surface area contributed by atoms with Crippen molar-refractivity contribution < 1.29 is 44.9 Å². The molecule has 2 fully saturated rings. The Hall–Kier alpha value is -2.59. The van der Waals surface area contributed by atoms with Gasteiger partial charge >= 0.3 is 12.3 Å². The van der Waals surface area contributed by atoms with E-state index in [0.717, 1.165) is 37.1 Å². The van der Waals surface area contributed by atoms with Crippen LogP contribution in [0.3, 0.4) is 0 Å². The fourth-order valence-corrected chi connectivity index (χ4v) is 5.02. The molecule has 1 aliphatic heterocycles. The molecule has 2 aliphatic rings. The minimum Gasteiger partial charge on any atom is -0.432 e. The first-order valence-electron chi connectivity index (χ1n) is 12.6. The summed E-state index contributed by atoms with van der Waals surface area (Å²) in [5.74, 6) is -3.82. The molecule has 3 nitrogen and oxygen atoms in total. The Bertz CT molecular complexity index is 1100. The van der Waals surface area contributed by atoms with Gasteiger partial charge in [-0.2, -0.15) is 22.0 Å². The fraction of sp³-hybridized carbons (Fsp3) is 0.500. The summed E-state index contributed by atoms with van der Waals surface area (Å²) in [6, 6.07) is 4.84. The fourth-order valence-electron chi connectivity index (χ4n) is 5.02. The summed E-state index contributed by atoms with van der Waals surface area (Å²) in [7, 11) is 0. The van der Waals surface area contributed by atoms with E-state index < -0.39 is 47.4 Å². The van der Waals surface area contributed by atoms with E-state index in [1.165, 1.54) is 0 Å². The van der Waals surface area contributed by atoms with Gasteiger partial charge in [0, 0.05) is 23.5 Å². The van der Waals surface area contributed by atoms with Crippen molar-refractivity contribution in [1.29, 1.82) is 0 Å². The van der Waals surface area contributed by atoms with Gasteiger partial charge in [-0.25, -0.2) is 8.78 Å². The first-order chi connectivity index (χ1) is 18.0. The minimum atomic E-state index is -4.89. The molecule has 2 aromatic carbocycles. The van der Waals surface area contributed by atoms with Gasteiger partial charge in [0.1, 0.15) is 17.4 Å². The molecular weight excluding hydrogens is 517 g/mol. The SMILES string of the molecule is C=CCCC1COC(C2CCC(C(F)(F)Oc3ccc(-c4ccc(C(F)(F)F)c(F)c4)c(F)c3)CC2)OC1. The van der Waals surface area contributed by atoms with Crippen molar-refractivity contribution in [3.63, 3.8) is 0 Å². The summed E-state index contributed by atoms with van der Waals surface area (Å²) in [5, 5.41) is 0. The van der Waals surface area contributed by atoms with Crippen molar-refractivity contribution in [2.75, 3.05) is 13.2 Å². The Balaban J connectivity index is 1.33. The third-order valence-electron chi connectivity index (χ3n) is 7.18. The van der Waals surface area contributed by atoms with Crippen LogP contribution in [-0.4, -0.2) is 25.6 Å². The van der Waals surface area contributed by atoms with Crippen molar-refractivity contribution >= 4 is 0 Å². The van der Waals surface area contributed by atoms with Gasteiger partial charge in [0.05, 0.1) is 24.7 Å². The molecule has 0 bridgehead atoms. The average Bonchev–Trinajstić information content (AvgIpc) is 2.87. The number of ether oxygens (including phenoxy) is 3. The van der Waals surface area contributed by atoms with E-state index in [2.05, 4.69) is 6.58 Å². The van der Waals surface area contributed by atoms with Crippen molar-refractivity contribution in [2.24, 2.45) is 17.8 Å². The molecule has 10 heteroatoms. The molecule has 1 aliphatic carbocycles. The predicted octanol–water partition coefficient (Wildman–Crippen LogP) is 8.38. The van der Waals surface area contributed by atoms with E-state index >= 15 is 0 Å². The predicted molar refractivity (Wildman–Crippen MR) is 126 cm³/mol. The smallest absolute Gasteiger partial charge is 0.419 e. The minimum absolute atomic E-state index is 0.00302. The lowest BCUT2D eigenvalue weighted by atomic mass is 9.80. The second-order valence-corrected chi connectivity index (χ2v) is 9.88. The highest BCUT2D eigenvalue weighted by Gasteiger charge is 2.45. The van der Waals surface area contributed by atoms with Crippen LogP contribution in [0, 0.1) is 29.4 Å².